The van der Waals surface area contributed by atoms with Crippen LogP contribution in [-0.2, 0) is 0 Å². The summed E-state index contributed by atoms with van der Waals surface area (Å²) in [7, 11) is 0. The molecule has 0 fully saturated rings. The van der Waals surface area contributed by atoms with Crippen LogP contribution in [-0.4, -0.2) is 23.2 Å². The third kappa shape index (κ3) is 3.39. The number of anilines is 1. The van der Waals surface area contributed by atoms with Crippen molar-refractivity contribution in [2.75, 3.05) is 17.2 Å². The van der Waals surface area contributed by atoms with Gasteiger partial charge in [-0.15, -0.1) is 11.8 Å². The molecule has 104 valence electrons. The predicted octanol–water partition coefficient (Wildman–Crippen LogP) is 3.86. The lowest BCUT2D eigenvalue weighted by atomic mass is 10.2. The van der Waals surface area contributed by atoms with Crippen molar-refractivity contribution in [3.8, 4) is 0 Å². The summed E-state index contributed by atoms with van der Waals surface area (Å²) < 4.78 is 0. The van der Waals surface area contributed by atoms with Gasteiger partial charge in [0.2, 0.25) is 0 Å². The second-order valence-corrected chi connectivity index (χ2v) is 5.49. The molecule has 0 aliphatic heterocycles. The quantitative estimate of drug-likeness (QED) is 0.783. The standard InChI is InChI=1S/C16H18N2OS/c1-3-18(14-8-6-5-7-9-14)16(19)13-10-11-17-15(12-13)20-4-2/h5-12H,3-4H2,1-2H3. The molecule has 0 atom stereocenters. The van der Waals surface area contributed by atoms with Crippen LogP contribution in [0.4, 0.5) is 5.69 Å². The SMILES string of the molecule is CCSc1cc(C(=O)N(CC)c2ccccc2)ccn1. The smallest absolute Gasteiger partial charge is 0.258 e. The Morgan fingerprint density at radius 3 is 2.60 bits per heavy atom. The molecule has 1 heterocycles. The normalized spacial score (nSPS) is 10.3. The summed E-state index contributed by atoms with van der Waals surface area (Å²) >= 11 is 1.64. The Kier molecular flexibility index (Phi) is 5.18. The number of pyridine rings is 1. The fourth-order valence-electron chi connectivity index (χ4n) is 1.98. The minimum Gasteiger partial charge on any atom is -0.309 e. The van der Waals surface area contributed by atoms with Gasteiger partial charge in [-0.25, -0.2) is 4.98 Å². The maximum atomic E-state index is 12.6. The summed E-state index contributed by atoms with van der Waals surface area (Å²) in [6.45, 7) is 4.69. The molecular weight excluding hydrogens is 268 g/mol. The molecule has 0 radical (unpaired) electrons. The maximum Gasteiger partial charge on any atom is 0.258 e. The minimum absolute atomic E-state index is 0.0130. The van der Waals surface area contributed by atoms with E-state index in [0.29, 0.717) is 12.1 Å². The van der Waals surface area contributed by atoms with Crippen LogP contribution in [0.15, 0.2) is 53.7 Å². The van der Waals surface area contributed by atoms with E-state index in [2.05, 4.69) is 11.9 Å². The Bertz CT molecular complexity index is 572. The van der Waals surface area contributed by atoms with Gasteiger partial charge in [0.15, 0.2) is 0 Å². The van der Waals surface area contributed by atoms with Gasteiger partial charge in [0, 0.05) is 24.0 Å². The molecule has 0 bridgehead atoms. The molecule has 0 aliphatic rings. The Hall–Kier alpha value is -1.81. The highest BCUT2D eigenvalue weighted by molar-refractivity contribution is 7.99. The van der Waals surface area contributed by atoms with Crippen molar-refractivity contribution in [2.24, 2.45) is 0 Å². The largest absolute Gasteiger partial charge is 0.309 e. The van der Waals surface area contributed by atoms with Crippen molar-refractivity contribution in [3.63, 3.8) is 0 Å². The van der Waals surface area contributed by atoms with E-state index < -0.39 is 0 Å². The van der Waals surface area contributed by atoms with E-state index in [4.69, 9.17) is 0 Å². The van der Waals surface area contributed by atoms with Crippen LogP contribution in [0, 0.1) is 0 Å². The molecule has 0 saturated carbocycles. The molecular formula is C16H18N2OS. The van der Waals surface area contributed by atoms with Crippen molar-refractivity contribution in [1.29, 1.82) is 0 Å². The number of para-hydroxylation sites is 1. The fraction of sp³-hybridized carbons (Fsp3) is 0.250. The van der Waals surface area contributed by atoms with Gasteiger partial charge in [-0.3, -0.25) is 4.79 Å². The Morgan fingerprint density at radius 2 is 1.95 bits per heavy atom. The van der Waals surface area contributed by atoms with E-state index in [0.717, 1.165) is 16.5 Å². The average molecular weight is 286 g/mol. The van der Waals surface area contributed by atoms with E-state index in [1.165, 1.54) is 0 Å². The Labute approximate surface area is 124 Å². The topological polar surface area (TPSA) is 33.2 Å². The molecule has 2 aromatic rings. The molecule has 0 aliphatic carbocycles. The molecule has 1 aromatic carbocycles. The third-order valence-corrected chi connectivity index (χ3v) is 3.71. The summed E-state index contributed by atoms with van der Waals surface area (Å²) in [5.74, 6) is 0.958. The van der Waals surface area contributed by atoms with Crippen LogP contribution in [0.2, 0.25) is 0 Å². The van der Waals surface area contributed by atoms with Crippen molar-refractivity contribution < 1.29 is 4.79 Å². The first kappa shape index (κ1) is 14.6. The summed E-state index contributed by atoms with van der Waals surface area (Å²) in [5.41, 5.74) is 1.60. The van der Waals surface area contributed by atoms with Crippen molar-refractivity contribution in [1.82, 2.24) is 4.98 Å². The van der Waals surface area contributed by atoms with Gasteiger partial charge in [-0.05, 0) is 36.9 Å². The first-order valence-electron chi connectivity index (χ1n) is 6.72. The van der Waals surface area contributed by atoms with Crippen LogP contribution < -0.4 is 4.90 Å². The molecule has 4 heteroatoms. The number of carbonyl (C=O) groups excluding carboxylic acids is 1. The summed E-state index contributed by atoms with van der Waals surface area (Å²) in [6, 6.07) is 13.4. The molecule has 0 unspecified atom stereocenters. The van der Waals surface area contributed by atoms with Crippen LogP contribution in [0.25, 0.3) is 0 Å². The number of hydrogen-bond donors (Lipinski definition) is 0. The number of hydrogen-bond acceptors (Lipinski definition) is 3. The summed E-state index contributed by atoms with van der Waals surface area (Å²) in [4.78, 5) is 18.7. The minimum atomic E-state index is 0.0130. The number of benzene rings is 1. The fourth-order valence-corrected chi connectivity index (χ4v) is 2.62. The van der Waals surface area contributed by atoms with Crippen molar-refractivity contribution >= 4 is 23.4 Å². The molecule has 0 spiro atoms. The van der Waals surface area contributed by atoms with Gasteiger partial charge in [-0.1, -0.05) is 25.1 Å². The number of amides is 1. The van der Waals surface area contributed by atoms with Crippen LogP contribution >= 0.6 is 11.8 Å². The van der Waals surface area contributed by atoms with Gasteiger partial charge < -0.3 is 4.90 Å². The Morgan fingerprint density at radius 1 is 1.20 bits per heavy atom. The van der Waals surface area contributed by atoms with Gasteiger partial charge in [0.1, 0.15) is 0 Å². The zero-order chi connectivity index (χ0) is 14.4. The lowest BCUT2D eigenvalue weighted by Gasteiger charge is -2.21. The zero-order valence-corrected chi connectivity index (χ0v) is 12.6. The van der Waals surface area contributed by atoms with Crippen molar-refractivity contribution in [2.45, 2.75) is 18.9 Å². The molecule has 0 N–H and O–H groups in total. The van der Waals surface area contributed by atoms with Crippen LogP contribution in [0.5, 0.6) is 0 Å². The highest BCUT2D eigenvalue weighted by Gasteiger charge is 2.16. The lowest BCUT2D eigenvalue weighted by Crippen LogP contribution is -2.30. The number of rotatable bonds is 5. The summed E-state index contributed by atoms with van der Waals surface area (Å²) in [6.07, 6.45) is 1.70. The monoisotopic (exact) mass is 286 g/mol. The molecule has 20 heavy (non-hydrogen) atoms. The van der Waals surface area contributed by atoms with Gasteiger partial charge in [0.25, 0.3) is 5.91 Å². The zero-order valence-electron chi connectivity index (χ0n) is 11.7. The first-order chi connectivity index (χ1) is 9.76. The molecule has 0 saturated heterocycles. The van der Waals surface area contributed by atoms with E-state index in [1.54, 1.807) is 28.9 Å². The van der Waals surface area contributed by atoms with Gasteiger partial charge >= 0.3 is 0 Å². The highest BCUT2D eigenvalue weighted by Crippen LogP contribution is 2.20. The second kappa shape index (κ2) is 7.10. The van der Waals surface area contributed by atoms with Gasteiger partial charge in [0.05, 0.1) is 5.03 Å². The maximum absolute atomic E-state index is 12.6. The summed E-state index contributed by atoms with van der Waals surface area (Å²) in [5, 5.41) is 0.891. The van der Waals surface area contributed by atoms with Crippen LogP contribution in [0.1, 0.15) is 24.2 Å². The first-order valence-corrected chi connectivity index (χ1v) is 7.70. The van der Waals surface area contributed by atoms with E-state index in [1.807, 2.05) is 43.3 Å². The third-order valence-electron chi connectivity index (χ3n) is 2.90. The number of nitrogens with zero attached hydrogens (tertiary/aromatic N) is 2. The van der Waals surface area contributed by atoms with E-state index in [9.17, 15) is 4.79 Å². The number of carbonyl (C=O) groups is 1. The van der Waals surface area contributed by atoms with Crippen LogP contribution in [0.3, 0.4) is 0 Å². The van der Waals surface area contributed by atoms with E-state index in [-0.39, 0.29) is 5.91 Å². The highest BCUT2D eigenvalue weighted by atomic mass is 32.2. The lowest BCUT2D eigenvalue weighted by molar-refractivity contribution is 0.0988. The van der Waals surface area contributed by atoms with Crippen molar-refractivity contribution in [3.05, 3.63) is 54.2 Å². The predicted molar refractivity (Wildman–Crippen MR) is 84.4 cm³/mol. The molecule has 3 nitrogen and oxygen atoms in total. The average Bonchev–Trinajstić information content (AvgIpc) is 2.50. The molecule has 1 amide bonds. The number of aromatic nitrogens is 1. The molecule has 1 aromatic heterocycles. The number of thioether (sulfide) groups is 1. The van der Waals surface area contributed by atoms with E-state index >= 15 is 0 Å². The second-order valence-electron chi connectivity index (χ2n) is 4.20. The molecule has 2 rings (SSSR count). The van der Waals surface area contributed by atoms with Gasteiger partial charge in [-0.2, -0.15) is 0 Å². The Balaban J connectivity index is 2.27.